The largest absolute Gasteiger partial charge is 0.354 e. The van der Waals surface area contributed by atoms with E-state index in [0.717, 1.165) is 11.3 Å². The van der Waals surface area contributed by atoms with E-state index in [1.807, 2.05) is 36.4 Å². The number of benzene rings is 3. The van der Waals surface area contributed by atoms with E-state index < -0.39 is 5.54 Å². The first-order valence-corrected chi connectivity index (χ1v) is 14.3. The molecule has 0 saturated carbocycles. The molecule has 0 unspecified atom stereocenters. The van der Waals surface area contributed by atoms with Gasteiger partial charge in [0.2, 0.25) is 5.91 Å². The zero-order valence-electron chi connectivity index (χ0n) is 21.8. The average molecular weight is 600 g/mol. The third-order valence-electron chi connectivity index (χ3n) is 7.62. The molecule has 0 aliphatic carbocycles. The summed E-state index contributed by atoms with van der Waals surface area (Å²) in [7, 11) is 0. The minimum absolute atomic E-state index is 0.0499. The molecule has 7 nitrogen and oxygen atoms in total. The first-order chi connectivity index (χ1) is 19.3. The highest BCUT2D eigenvalue weighted by atomic mass is 35.5. The van der Waals surface area contributed by atoms with Crippen LogP contribution in [0.1, 0.15) is 28.8 Å². The van der Waals surface area contributed by atoms with E-state index in [4.69, 9.17) is 34.8 Å². The fourth-order valence-electron chi connectivity index (χ4n) is 5.47. The number of para-hydroxylation sites is 1. The molecule has 0 bridgehead atoms. The van der Waals surface area contributed by atoms with Crippen LogP contribution in [0.15, 0.2) is 72.8 Å². The Balaban J connectivity index is 1.26. The number of nitrogens with one attached hydrogen (secondary N) is 1. The summed E-state index contributed by atoms with van der Waals surface area (Å²) in [6.07, 6.45) is 1.48. The first kappa shape index (κ1) is 28.3. The highest BCUT2D eigenvalue weighted by Crippen LogP contribution is 2.39. The van der Waals surface area contributed by atoms with Crippen molar-refractivity contribution in [2.24, 2.45) is 0 Å². The molecule has 1 N–H and O–H groups in total. The Labute approximate surface area is 248 Å². The van der Waals surface area contributed by atoms with E-state index in [9.17, 15) is 14.4 Å². The molecule has 3 amide bonds. The molecule has 2 saturated heterocycles. The Hall–Kier alpha value is -3.26. The van der Waals surface area contributed by atoms with Crippen molar-refractivity contribution in [3.8, 4) is 0 Å². The molecule has 0 aromatic heterocycles. The van der Waals surface area contributed by atoms with Crippen LogP contribution in [-0.4, -0.2) is 65.9 Å². The quantitative estimate of drug-likeness (QED) is 0.401. The summed E-state index contributed by atoms with van der Waals surface area (Å²) in [6, 6.07) is 21.9. The van der Waals surface area contributed by atoms with Gasteiger partial charge in [0.1, 0.15) is 12.1 Å². The smallest absolute Gasteiger partial charge is 0.253 e. The zero-order chi connectivity index (χ0) is 28.3. The fraction of sp³-hybridized carbons (Fsp3) is 0.300. The molecule has 3 aromatic carbocycles. The van der Waals surface area contributed by atoms with Crippen molar-refractivity contribution in [2.45, 2.75) is 24.8 Å². The lowest BCUT2D eigenvalue weighted by molar-refractivity contribution is -0.137. The Morgan fingerprint density at radius 2 is 1.55 bits per heavy atom. The van der Waals surface area contributed by atoms with Crippen LogP contribution >= 0.6 is 34.8 Å². The van der Waals surface area contributed by atoms with Crippen molar-refractivity contribution < 1.29 is 14.4 Å². The lowest BCUT2D eigenvalue weighted by atomic mass is 9.85. The Morgan fingerprint density at radius 3 is 2.23 bits per heavy atom. The highest BCUT2D eigenvalue weighted by molar-refractivity contribution is 6.35. The van der Waals surface area contributed by atoms with Crippen molar-refractivity contribution in [3.63, 3.8) is 0 Å². The van der Waals surface area contributed by atoms with Gasteiger partial charge < -0.3 is 20.0 Å². The maximum Gasteiger partial charge on any atom is 0.253 e. The number of anilines is 1. The van der Waals surface area contributed by atoms with E-state index in [2.05, 4.69) is 10.2 Å². The molecule has 40 heavy (non-hydrogen) atoms. The van der Waals surface area contributed by atoms with E-state index in [-0.39, 0.29) is 24.3 Å². The maximum absolute atomic E-state index is 13.9. The Kier molecular flexibility index (Phi) is 8.54. The summed E-state index contributed by atoms with van der Waals surface area (Å²) in [5, 5.41) is 4.59. The lowest BCUT2D eigenvalue weighted by Crippen LogP contribution is -2.57. The second-order valence-electron chi connectivity index (χ2n) is 10.1. The average Bonchev–Trinajstić information content (AvgIpc) is 3.21. The zero-order valence-corrected chi connectivity index (χ0v) is 24.1. The monoisotopic (exact) mass is 598 g/mol. The number of hydrogen-bond acceptors (Lipinski definition) is 4. The van der Waals surface area contributed by atoms with E-state index in [1.165, 1.54) is 0 Å². The Morgan fingerprint density at radius 1 is 0.875 bits per heavy atom. The number of halogens is 3. The number of amides is 3. The van der Waals surface area contributed by atoms with Crippen LogP contribution < -0.4 is 10.2 Å². The molecule has 10 heteroatoms. The molecular weight excluding hydrogens is 571 g/mol. The van der Waals surface area contributed by atoms with Crippen LogP contribution in [0.5, 0.6) is 0 Å². The van der Waals surface area contributed by atoms with Gasteiger partial charge in [0.25, 0.3) is 11.8 Å². The second-order valence-corrected chi connectivity index (χ2v) is 11.4. The Bertz CT molecular complexity index is 1390. The third-order valence-corrected chi connectivity index (χ3v) is 8.46. The van der Waals surface area contributed by atoms with Crippen LogP contribution in [0.4, 0.5) is 5.69 Å². The molecule has 2 heterocycles. The number of carbonyl (C=O) groups excluding carboxylic acids is 3. The van der Waals surface area contributed by atoms with Crippen LogP contribution in [0.2, 0.25) is 15.1 Å². The van der Waals surface area contributed by atoms with Gasteiger partial charge in [-0.1, -0.05) is 59.1 Å². The van der Waals surface area contributed by atoms with Crippen LogP contribution in [0.3, 0.4) is 0 Å². The topological polar surface area (TPSA) is 73.0 Å². The van der Waals surface area contributed by atoms with Gasteiger partial charge in [-0.05, 0) is 73.4 Å². The number of carbonyl (C=O) groups is 3. The van der Waals surface area contributed by atoms with Gasteiger partial charge in [0.05, 0.1) is 6.67 Å². The van der Waals surface area contributed by atoms with Crippen molar-refractivity contribution >= 4 is 58.2 Å². The van der Waals surface area contributed by atoms with Gasteiger partial charge in [0.15, 0.2) is 0 Å². The minimum Gasteiger partial charge on any atom is -0.354 e. The highest BCUT2D eigenvalue weighted by Gasteiger charge is 2.54. The SMILES string of the molecule is O=C(CN1CN(c2ccccc2)C2(CCN(C(=O)c3ccc(Cl)cc3)CC2)C1=O)NCCc1ccc(Cl)cc1Cl. The van der Waals surface area contributed by atoms with Gasteiger partial charge in [-0.3, -0.25) is 14.4 Å². The van der Waals surface area contributed by atoms with E-state index >= 15 is 0 Å². The van der Waals surface area contributed by atoms with Crippen molar-refractivity contribution in [2.75, 3.05) is 37.7 Å². The predicted octanol–water partition coefficient (Wildman–Crippen LogP) is 5.29. The molecule has 2 fully saturated rings. The number of piperidine rings is 1. The molecule has 2 aliphatic heterocycles. The molecule has 0 radical (unpaired) electrons. The third kappa shape index (κ3) is 5.92. The maximum atomic E-state index is 13.9. The summed E-state index contributed by atoms with van der Waals surface area (Å²) in [5.74, 6) is -0.412. The van der Waals surface area contributed by atoms with Gasteiger partial charge in [0, 0.05) is 46.0 Å². The standard InChI is InChI=1S/C30H29Cl3N4O3/c31-23-9-7-22(8-10-23)28(39)35-16-13-30(14-17-35)29(40)36(20-37(30)25-4-2-1-3-5-25)19-27(38)34-15-12-21-6-11-24(32)18-26(21)33/h1-11,18H,12-17,19-20H2,(H,34,38). The predicted molar refractivity (Wildman–Crippen MR) is 158 cm³/mol. The molecule has 2 aliphatic rings. The summed E-state index contributed by atoms with van der Waals surface area (Å²) in [5.41, 5.74) is 1.54. The number of likely N-dealkylation sites (tertiary alicyclic amines) is 1. The van der Waals surface area contributed by atoms with Gasteiger partial charge in [-0.25, -0.2) is 0 Å². The summed E-state index contributed by atoms with van der Waals surface area (Å²) < 4.78 is 0. The van der Waals surface area contributed by atoms with Crippen LogP contribution in [0.25, 0.3) is 0 Å². The molecule has 0 atom stereocenters. The summed E-state index contributed by atoms with van der Waals surface area (Å²) in [6.45, 7) is 1.49. The van der Waals surface area contributed by atoms with Crippen LogP contribution in [0, 0.1) is 0 Å². The number of rotatable bonds is 7. The summed E-state index contributed by atoms with van der Waals surface area (Å²) in [4.78, 5) is 45.4. The molecule has 1 spiro atoms. The first-order valence-electron chi connectivity index (χ1n) is 13.1. The summed E-state index contributed by atoms with van der Waals surface area (Å²) >= 11 is 18.2. The normalized spacial score (nSPS) is 16.5. The molecular formula is C30H29Cl3N4O3. The van der Waals surface area contributed by atoms with Crippen LogP contribution in [-0.2, 0) is 16.0 Å². The fourth-order valence-corrected chi connectivity index (χ4v) is 6.10. The van der Waals surface area contributed by atoms with E-state index in [1.54, 1.807) is 46.2 Å². The molecule has 208 valence electrons. The van der Waals surface area contributed by atoms with Crippen molar-refractivity contribution in [1.82, 2.24) is 15.1 Å². The van der Waals surface area contributed by atoms with E-state index in [0.29, 0.717) is 66.2 Å². The van der Waals surface area contributed by atoms with Gasteiger partial charge >= 0.3 is 0 Å². The second kappa shape index (κ2) is 12.1. The lowest BCUT2D eigenvalue weighted by Gasteiger charge is -2.43. The molecule has 3 aromatic rings. The molecule has 5 rings (SSSR count). The van der Waals surface area contributed by atoms with Gasteiger partial charge in [-0.2, -0.15) is 0 Å². The minimum atomic E-state index is -0.824. The number of hydrogen-bond donors (Lipinski definition) is 1. The number of nitrogens with zero attached hydrogens (tertiary/aromatic N) is 3. The van der Waals surface area contributed by atoms with Gasteiger partial charge in [-0.15, -0.1) is 0 Å². The van der Waals surface area contributed by atoms with Crippen molar-refractivity contribution in [3.05, 3.63) is 99.0 Å². The van der Waals surface area contributed by atoms with Crippen molar-refractivity contribution in [1.29, 1.82) is 0 Å².